The SMILES string of the molecule is C[C@@H]1C[C@H](C)CN(c2ncc(-c3ncc[nH]3)c(-c3ccc(F)cc3)n2)C1. The number of benzene rings is 1. The van der Waals surface area contributed by atoms with Gasteiger partial charge in [0.1, 0.15) is 11.6 Å². The van der Waals surface area contributed by atoms with Crippen LogP contribution in [0.25, 0.3) is 22.6 Å². The van der Waals surface area contributed by atoms with Gasteiger partial charge in [0, 0.05) is 37.2 Å². The fourth-order valence-electron chi connectivity index (χ4n) is 3.76. The van der Waals surface area contributed by atoms with Crippen molar-refractivity contribution in [3.05, 3.63) is 48.7 Å². The van der Waals surface area contributed by atoms with Gasteiger partial charge >= 0.3 is 0 Å². The van der Waals surface area contributed by atoms with Crippen molar-refractivity contribution in [1.82, 2.24) is 19.9 Å². The molecule has 0 unspecified atom stereocenters. The van der Waals surface area contributed by atoms with Gasteiger partial charge in [0.2, 0.25) is 5.95 Å². The van der Waals surface area contributed by atoms with E-state index in [0.29, 0.717) is 17.7 Å². The minimum Gasteiger partial charge on any atom is -0.345 e. The molecule has 0 saturated carbocycles. The van der Waals surface area contributed by atoms with E-state index in [-0.39, 0.29) is 5.82 Å². The van der Waals surface area contributed by atoms with E-state index in [2.05, 4.69) is 33.7 Å². The molecular formula is C20H22FN5. The molecule has 5 nitrogen and oxygen atoms in total. The van der Waals surface area contributed by atoms with Crippen LogP contribution >= 0.6 is 0 Å². The number of halogens is 1. The third kappa shape index (κ3) is 3.31. The highest BCUT2D eigenvalue weighted by atomic mass is 19.1. The quantitative estimate of drug-likeness (QED) is 0.770. The maximum Gasteiger partial charge on any atom is 0.225 e. The van der Waals surface area contributed by atoms with E-state index >= 15 is 0 Å². The van der Waals surface area contributed by atoms with Crippen LogP contribution in [-0.4, -0.2) is 33.0 Å². The van der Waals surface area contributed by atoms with Crippen LogP contribution in [0.4, 0.5) is 10.3 Å². The minimum atomic E-state index is -0.263. The smallest absolute Gasteiger partial charge is 0.225 e. The molecule has 3 aromatic rings. The molecule has 0 aliphatic carbocycles. The standard InChI is InChI=1S/C20H22FN5/c1-13-9-14(2)12-26(11-13)20-24-10-17(19-22-7-8-23-19)18(25-20)15-3-5-16(21)6-4-15/h3-8,10,13-14H,9,11-12H2,1-2H3,(H,22,23)/t13-,14+. The molecule has 0 radical (unpaired) electrons. The van der Waals surface area contributed by atoms with Crippen LogP contribution in [0.2, 0.25) is 0 Å². The number of nitrogens with one attached hydrogen (secondary N) is 1. The average molecular weight is 351 g/mol. The Morgan fingerprint density at radius 2 is 1.81 bits per heavy atom. The summed E-state index contributed by atoms with van der Waals surface area (Å²) in [7, 11) is 0. The molecule has 26 heavy (non-hydrogen) atoms. The minimum absolute atomic E-state index is 0.263. The lowest BCUT2D eigenvalue weighted by Crippen LogP contribution is -2.39. The molecule has 4 rings (SSSR count). The van der Waals surface area contributed by atoms with E-state index in [9.17, 15) is 4.39 Å². The molecule has 6 heteroatoms. The Labute approximate surface area is 152 Å². The number of imidazole rings is 1. The van der Waals surface area contributed by atoms with E-state index in [1.165, 1.54) is 18.6 Å². The summed E-state index contributed by atoms with van der Waals surface area (Å²) in [5.41, 5.74) is 2.42. The Kier molecular flexibility index (Phi) is 4.41. The molecule has 1 aliphatic rings. The highest BCUT2D eigenvalue weighted by Crippen LogP contribution is 2.31. The molecule has 3 heterocycles. The van der Waals surface area contributed by atoms with Gasteiger partial charge in [-0.3, -0.25) is 0 Å². The van der Waals surface area contributed by atoms with E-state index < -0.39 is 0 Å². The summed E-state index contributed by atoms with van der Waals surface area (Å²) >= 11 is 0. The van der Waals surface area contributed by atoms with Crippen LogP contribution in [0, 0.1) is 17.7 Å². The number of hydrogen-bond acceptors (Lipinski definition) is 4. The summed E-state index contributed by atoms with van der Waals surface area (Å²) in [6.45, 7) is 6.43. The first-order valence-electron chi connectivity index (χ1n) is 8.98. The molecule has 1 N–H and O–H groups in total. The molecule has 1 aromatic carbocycles. The van der Waals surface area contributed by atoms with E-state index in [0.717, 1.165) is 35.9 Å². The van der Waals surface area contributed by atoms with Gasteiger partial charge in [-0.2, -0.15) is 0 Å². The number of rotatable bonds is 3. The molecule has 0 spiro atoms. The number of H-pyrrole nitrogens is 1. The van der Waals surface area contributed by atoms with Crippen LogP contribution in [0.15, 0.2) is 42.9 Å². The number of nitrogens with zero attached hydrogens (tertiary/aromatic N) is 4. The highest BCUT2D eigenvalue weighted by molar-refractivity contribution is 5.77. The van der Waals surface area contributed by atoms with Gasteiger partial charge in [0.25, 0.3) is 0 Å². The number of hydrogen-bond donors (Lipinski definition) is 1. The number of anilines is 1. The van der Waals surface area contributed by atoms with Crippen molar-refractivity contribution in [3.63, 3.8) is 0 Å². The van der Waals surface area contributed by atoms with Crippen LogP contribution in [0.1, 0.15) is 20.3 Å². The summed E-state index contributed by atoms with van der Waals surface area (Å²) in [4.78, 5) is 19.2. The monoisotopic (exact) mass is 351 g/mol. The Balaban J connectivity index is 1.79. The summed E-state index contributed by atoms with van der Waals surface area (Å²) < 4.78 is 13.4. The summed E-state index contributed by atoms with van der Waals surface area (Å²) in [6.07, 6.45) is 6.51. The second-order valence-corrected chi connectivity index (χ2v) is 7.23. The number of piperidine rings is 1. The fourth-order valence-corrected chi connectivity index (χ4v) is 3.76. The number of aromatic amines is 1. The first-order chi connectivity index (χ1) is 12.6. The van der Waals surface area contributed by atoms with Crippen molar-refractivity contribution in [1.29, 1.82) is 0 Å². The second kappa shape index (κ2) is 6.86. The predicted molar refractivity (Wildman–Crippen MR) is 100 cm³/mol. The Morgan fingerprint density at radius 1 is 1.08 bits per heavy atom. The van der Waals surface area contributed by atoms with Gasteiger partial charge in [-0.1, -0.05) is 13.8 Å². The summed E-state index contributed by atoms with van der Waals surface area (Å²) in [5, 5.41) is 0. The zero-order valence-corrected chi connectivity index (χ0v) is 15.0. The van der Waals surface area contributed by atoms with Gasteiger partial charge in [-0.15, -0.1) is 0 Å². The van der Waals surface area contributed by atoms with Gasteiger partial charge in [-0.25, -0.2) is 19.3 Å². The molecule has 2 aromatic heterocycles. The zero-order valence-electron chi connectivity index (χ0n) is 15.0. The molecule has 1 saturated heterocycles. The van der Waals surface area contributed by atoms with Crippen LogP contribution in [0.5, 0.6) is 0 Å². The topological polar surface area (TPSA) is 57.7 Å². The first kappa shape index (κ1) is 16.7. The Morgan fingerprint density at radius 3 is 2.46 bits per heavy atom. The van der Waals surface area contributed by atoms with Crippen molar-refractivity contribution in [2.45, 2.75) is 20.3 Å². The van der Waals surface area contributed by atoms with Crippen molar-refractivity contribution < 1.29 is 4.39 Å². The van der Waals surface area contributed by atoms with Crippen molar-refractivity contribution >= 4 is 5.95 Å². The van der Waals surface area contributed by atoms with Crippen molar-refractivity contribution in [3.8, 4) is 22.6 Å². The molecule has 2 atom stereocenters. The molecule has 1 fully saturated rings. The number of aromatic nitrogens is 4. The molecule has 0 bridgehead atoms. The van der Waals surface area contributed by atoms with E-state index in [4.69, 9.17) is 4.98 Å². The molecule has 134 valence electrons. The predicted octanol–water partition coefficient (Wildman–Crippen LogP) is 4.16. The van der Waals surface area contributed by atoms with Crippen molar-refractivity contribution in [2.75, 3.05) is 18.0 Å². The van der Waals surface area contributed by atoms with E-state index in [1.807, 2.05) is 6.20 Å². The largest absolute Gasteiger partial charge is 0.345 e. The van der Waals surface area contributed by atoms with E-state index in [1.54, 1.807) is 24.5 Å². The highest BCUT2D eigenvalue weighted by Gasteiger charge is 2.25. The molecule has 0 amide bonds. The third-order valence-corrected chi connectivity index (χ3v) is 4.80. The van der Waals surface area contributed by atoms with Gasteiger partial charge < -0.3 is 9.88 Å². The maximum atomic E-state index is 13.4. The Hall–Kier alpha value is -2.76. The lowest BCUT2D eigenvalue weighted by atomic mass is 9.92. The van der Waals surface area contributed by atoms with Crippen LogP contribution < -0.4 is 4.90 Å². The fraction of sp³-hybridized carbons (Fsp3) is 0.350. The molecular weight excluding hydrogens is 329 g/mol. The summed E-state index contributed by atoms with van der Waals surface area (Å²) in [6, 6.07) is 6.40. The average Bonchev–Trinajstić information content (AvgIpc) is 3.15. The van der Waals surface area contributed by atoms with Gasteiger partial charge in [-0.05, 0) is 42.5 Å². The lowest BCUT2D eigenvalue weighted by molar-refractivity contribution is 0.353. The van der Waals surface area contributed by atoms with Crippen LogP contribution in [-0.2, 0) is 0 Å². The second-order valence-electron chi connectivity index (χ2n) is 7.23. The lowest BCUT2D eigenvalue weighted by Gasteiger charge is -2.35. The third-order valence-electron chi connectivity index (χ3n) is 4.80. The zero-order chi connectivity index (χ0) is 18.1. The Bertz CT molecular complexity index is 866. The normalized spacial score (nSPS) is 20.3. The molecule has 1 aliphatic heterocycles. The first-order valence-corrected chi connectivity index (χ1v) is 8.98. The van der Waals surface area contributed by atoms with Crippen LogP contribution in [0.3, 0.4) is 0 Å². The van der Waals surface area contributed by atoms with Gasteiger partial charge in [0.05, 0.1) is 11.3 Å². The van der Waals surface area contributed by atoms with Gasteiger partial charge in [0.15, 0.2) is 0 Å². The maximum absolute atomic E-state index is 13.4. The van der Waals surface area contributed by atoms with Crippen molar-refractivity contribution in [2.24, 2.45) is 11.8 Å². The summed E-state index contributed by atoms with van der Waals surface area (Å²) in [5.74, 6) is 2.39.